The molecule has 0 unspecified atom stereocenters. The van der Waals surface area contributed by atoms with Crippen LogP contribution in [-0.4, -0.2) is 43.6 Å². The average molecular weight is 413 g/mol. The third-order valence-corrected chi connectivity index (χ3v) is 5.78. The van der Waals surface area contributed by atoms with Gasteiger partial charge in [-0.25, -0.2) is 4.39 Å². The van der Waals surface area contributed by atoms with E-state index in [0.29, 0.717) is 24.4 Å². The zero-order valence-electron chi connectivity index (χ0n) is 15.7. The van der Waals surface area contributed by atoms with Crippen molar-refractivity contribution in [3.63, 3.8) is 0 Å². The van der Waals surface area contributed by atoms with Gasteiger partial charge in [-0.05, 0) is 42.6 Å². The second kappa shape index (κ2) is 9.24. The largest absolute Gasteiger partial charge is 0.497 e. The summed E-state index contributed by atoms with van der Waals surface area (Å²) >= 11 is 0. The van der Waals surface area contributed by atoms with Crippen molar-refractivity contribution < 1.29 is 9.13 Å². The molecule has 2 aliphatic heterocycles. The standard InChI is InChI=1S/C21H25FN2O.2ClH/c1-23-11-17-13-24(12-16-5-3-4-6-20(16)22)14-19(17)21(23)15-7-9-18(25-2)10-8-15;;/h3-10,17,19,21H,11-14H2,1-2H3;2*1H/t17-,19+,21+;;/m0../s1. The van der Waals surface area contributed by atoms with Gasteiger partial charge in [-0.1, -0.05) is 30.3 Å². The Bertz CT molecular complexity index is 743. The van der Waals surface area contributed by atoms with E-state index >= 15 is 0 Å². The molecule has 0 amide bonds. The lowest BCUT2D eigenvalue weighted by Gasteiger charge is -2.27. The molecule has 0 saturated carbocycles. The number of likely N-dealkylation sites (tertiary alicyclic amines) is 2. The van der Waals surface area contributed by atoms with E-state index in [0.717, 1.165) is 30.9 Å². The van der Waals surface area contributed by atoms with Crippen LogP contribution in [0.3, 0.4) is 0 Å². The van der Waals surface area contributed by atoms with Gasteiger partial charge in [0.2, 0.25) is 0 Å². The predicted molar refractivity (Wildman–Crippen MR) is 112 cm³/mol. The van der Waals surface area contributed by atoms with Crippen LogP contribution in [0.5, 0.6) is 5.75 Å². The van der Waals surface area contributed by atoms with Crippen LogP contribution in [-0.2, 0) is 6.54 Å². The third-order valence-electron chi connectivity index (χ3n) is 5.78. The molecule has 6 heteroatoms. The second-order valence-electron chi connectivity index (χ2n) is 7.37. The normalized spacial score (nSPS) is 24.8. The molecule has 2 heterocycles. The minimum atomic E-state index is -0.0941. The van der Waals surface area contributed by atoms with E-state index in [4.69, 9.17) is 4.74 Å². The summed E-state index contributed by atoms with van der Waals surface area (Å²) in [5.74, 6) is 2.06. The van der Waals surface area contributed by atoms with E-state index in [-0.39, 0.29) is 30.6 Å². The van der Waals surface area contributed by atoms with Gasteiger partial charge in [0.1, 0.15) is 11.6 Å². The van der Waals surface area contributed by atoms with E-state index in [2.05, 4.69) is 29.0 Å². The summed E-state index contributed by atoms with van der Waals surface area (Å²) in [5.41, 5.74) is 2.15. The lowest BCUT2D eigenvalue weighted by molar-refractivity contribution is 0.223. The molecule has 3 nitrogen and oxygen atoms in total. The van der Waals surface area contributed by atoms with E-state index < -0.39 is 0 Å². The Labute approximate surface area is 173 Å². The van der Waals surface area contributed by atoms with Crippen LogP contribution in [0.25, 0.3) is 0 Å². The van der Waals surface area contributed by atoms with Crippen LogP contribution in [0.1, 0.15) is 17.2 Å². The van der Waals surface area contributed by atoms with Gasteiger partial charge in [0.05, 0.1) is 7.11 Å². The van der Waals surface area contributed by atoms with E-state index in [9.17, 15) is 4.39 Å². The molecule has 2 aromatic carbocycles. The maximum Gasteiger partial charge on any atom is 0.127 e. The van der Waals surface area contributed by atoms with Crippen molar-refractivity contribution in [3.8, 4) is 5.75 Å². The fourth-order valence-electron chi connectivity index (χ4n) is 4.65. The Morgan fingerprint density at radius 3 is 2.37 bits per heavy atom. The van der Waals surface area contributed by atoms with Gasteiger partial charge in [-0.3, -0.25) is 9.80 Å². The van der Waals surface area contributed by atoms with Crippen LogP contribution in [0, 0.1) is 17.7 Å². The Balaban J connectivity index is 0.00000131. The smallest absolute Gasteiger partial charge is 0.127 e. The number of rotatable bonds is 4. The van der Waals surface area contributed by atoms with Crippen LogP contribution in [0.4, 0.5) is 4.39 Å². The summed E-state index contributed by atoms with van der Waals surface area (Å²) in [6, 6.07) is 16.0. The second-order valence-corrected chi connectivity index (χ2v) is 7.37. The van der Waals surface area contributed by atoms with Crippen molar-refractivity contribution in [2.45, 2.75) is 12.6 Å². The number of methoxy groups -OCH3 is 1. The lowest BCUT2D eigenvalue weighted by Crippen LogP contribution is -2.29. The highest BCUT2D eigenvalue weighted by molar-refractivity contribution is 5.85. The summed E-state index contributed by atoms with van der Waals surface area (Å²) in [4.78, 5) is 4.88. The van der Waals surface area contributed by atoms with Gasteiger partial charge in [-0.2, -0.15) is 0 Å². The Hall–Kier alpha value is -1.33. The van der Waals surface area contributed by atoms with Crippen LogP contribution in [0.2, 0.25) is 0 Å². The molecule has 0 N–H and O–H groups in total. The van der Waals surface area contributed by atoms with Crippen molar-refractivity contribution in [1.29, 1.82) is 0 Å². The van der Waals surface area contributed by atoms with Gasteiger partial charge in [0, 0.05) is 37.8 Å². The highest BCUT2D eigenvalue weighted by atomic mass is 35.5. The highest BCUT2D eigenvalue weighted by Gasteiger charge is 2.45. The quantitative estimate of drug-likeness (QED) is 0.739. The van der Waals surface area contributed by atoms with E-state index in [1.165, 1.54) is 5.56 Å². The van der Waals surface area contributed by atoms with E-state index in [1.54, 1.807) is 19.2 Å². The van der Waals surface area contributed by atoms with Crippen molar-refractivity contribution in [2.75, 3.05) is 33.8 Å². The number of halogens is 3. The topological polar surface area (TPSA) is 15.7 Å². The minimum Gasteiger partial charge on any atom is -0.497 e. The Morgan fingerprint density at radius 1 is 1.00 bits per heavy atom. The maximum atomic E-state index is 14.0. The van der Waals surface area contributed by atoms with Crippen molar-refractivity contribution in [2.24, 2.45) is 11.8 Å². The van der Waals surface area contributed by atoms with Gasteiger partial charge in [0.25, 0.3) is 0 Å². The molecule has 2 aliphatic rings. The van der Waals surface area contributed by atoms with Gasteiger partial charge in [0.15, 0.2) is 0 Å². The molecule has 2 saturated heterocycles. The number of ether oxygens (including phenoxy) is 1. The zero-order valence-corrected chi connectivity index (χ0v) is 17.3. The maximum absolute atomic E-state index is 14.0. The molecule has 2 aromatic rings. The van der Waals surface area contributed by atoms with Gasteiger partial charge >= 0.3 is 0 Å². The minimum absolute atomic E-state index is 0. The molecular weight excluding hydrogens is 386 g/mol. The molecule has 4 rings (SSSR count). The first-order valence-electron chi connectivity index (χ1n) is 8.95. The molecular formula is C21H27Cl2FN2O. The molecule has 0 aromatic heterocycles. The van der Waals surface area contributed by atoms with E-state index in [1.807, 2.05) is 24.3 Å². The first-order valence-corrected chi connectivity index (χ1v) is 8.95. The fourth-order valence-corrected chi connectivity index (χ4v) is 4.65. The Kier molecular flexibility index (Phi) is 7.52. The predicted octanol–water partition coefficient (Wildman–Crippen LogP) is 4.41. The number of benzene rings is 2. The van der Waals surface area contributed by atoms with Crippen LogP contribution < -0.4 is 4.74 Å². The summed E-state index contributed by atoms with van der Waals surface area (Å²) < 4.78 is 19.2. The summed E-state index contributed by atoms with van der Waals surface area (Å²) in [6.07, 6.45) is 0. The number of nitrogens with zero attached hydrogens (tertiary/aromatic N) is 2. The molecule has 148 valence electrons. The van der Waals surface area contributed by atoms with Gasteiger partial charge < -0.3 is 4.74 Å². The van der Waals surface area contributed by atoms with Crippen molar-refractivity contribution in [1.82, 2.24) is 9.80 Å². The first kappa shape index (κ1) is 22.0. The van der Waals surface area contributed by atoms with Crippen LogP contribution in [0.15, 0.2) is 48.5 Å². The number of hydrogen-bond donors (Lipinski definition) is 0. The molecule has 0 radical (unpaired) electrons. The third kappa shape index (κ3) is 4.40. The zero-order chi connectivity index (χ0) is 17.4. The molecule has 0 aliphatic carbocycles. The molecule has 27 heavy (non-hydrogen) atoms. The fraction of sp³-hybridized carbons (Fsp3) is 0.429. The van der Waals surface area contributed by atoms with Crippen molar-refractivity contribution in [3.05, 3.63) is 65.5 Å². The van der Waals surface area contributed by atoms with Crippen molar-refractivity contribution >= 4 is 24.8 Å². The number of hydrogen-bond acceptors (Lipinski definition) is 3. The highest BCUT2D eigenvalue weighted by Crippen LogP contribution is 2.44. The number of fused-ring (bicyclic) bond motifs is 1. The van der Waals surface area contributed by atoms with Crippen LogP contribution >= 0.6 is 24.8 Å². The molecule has 3 atom stereocenters. The monoisotopic (exact) mass is 412 g/mol. The average Bonchev–Trinajstić information content (AvgIpc) is 3.13. The summed E-state index contributed by atoms with van der Waals surface area (Å²) in [6.45, 7) is 3.89. The SMILES string of the molecule is COc1ccc([C@@H]2[C@@H]3CN(Cc4ccccc4F)C[C@@H]3CN2C)cc1.Cl.Cl. The lowest BCUT2D eigenvalue weighted by atomic mass is 9.89. The molecule has 0 bridgehead atoms. The summed E-state index contributed by atoms with van der Waals surface area (Å²) in [7, 11) is 3.92. The summed E-state index contributed by atoms with van der Waals surface area (Å²) in [5, 5.41) is 0. The molecule has 2 fully saturated rings. The van der Waals surface area contributed by atoms with Gasteiger partial charge in [-0.15, -0.1) is 24.8 Å². The molecule has 0 spiro atoms. The Morgan fingerprint density at radius 2 is 1.70 bits per heavy atom. The first-order chi connectivity index (χ1) is 12.2.